The molecule has 2 aromatic rings. The van der Waals surface area contributed by atoms with Crippen LogP contribution < -0.4 is 21.4 Å². The number of nitrogens with one attached hydrogen (secondary N) is 3. The Morgan fingerprint density at radius 1 is 1.22 bits per heavy atom. The molecule has 0 aliphatic heterocycles. The van der Waals surface area contributed by atoms with Gasteiger partial charge in [-0.15, -0.1) is 0 Å². The predicted molar refractivity (Wildman–Crippen MR) is 149 cm³/mol. The third-order valence-electron chi connectivity index (χ3n) is 6.75. The fourth-order valence-electron chi connectivity index (χ4n) is 4.56. The van der Waals surface area contributed by atoms with E-state index in [1.807, 2.05) is 48.9 Å². The highest BCUT2D eigenvalue weighted by atomic mass is 35.5. The minimum atomic E-state index is -0.168. The fraction of sp³-hybridized carbons (Fsp3) is 0.296. The molecule has 3 aliphatic carbocycles. The average molecular weight is 501 g/mol. The van der Waals surface area contributed by atoms with Crippen molar-refractivity contribution in [1.29, 1.82) is 0 Å². The van der Waals surface area contributed by atoms with Crippen molar-refractivity contribution in [1.82, 2.24) is 25.2 Å². The van der Waals surface area contributed by atoms with Gasteiger partial charge in [-0.2, -0.15) is 9.61 Å². The van der Waals surface area contributed by atoms with Gasteiger partial charge in [0.15, 0.2) is 5.65 Å². The third-order valence-corrected chi connectivity index (χ3v) is 7.14. The number of allylic oxidation sites excluding steroid dienone is 9. The molecule has 3 N–H and O–H groups in total. The molecule has 0 fully saturated rings. The van der Waals surface area contributed by atoms with E-state index in [1.54, 1.807) is 0 Å². The first-order valence-corrected chi connectivity index (χ1v) is 12.8. The first kappa shape index (κ1) is 24.2. The molecular formula is C27H30BClN6O. The molecule has 2 unspecified atom stereocenters. The van der Waals surface area contributed by atoms with E-state index in [0.29, 0.717) is 6.54 Å². The average Bonchev–Trinajstić information content (AvgIpc) is 3.26. The Bertz CT molecular complexity index is 1370. The lowest BCUT2D eigenvalue weighted by atomic mass is 9.97. The Labute approximate surface area is 217 Å². The number of fused-ring (bicyclic) bond motifs is 1. The van der Waals surface area contributed by atoms with Gasteiger partial charge < -0.3 is 16.0 Å². The Hall–Kier alpha value is -3.52. The maximum atomic E-state index is 12.4. The molecule has 3 aliphatic rings. The van der Waals surface area contributed by atoms with Crippen LogP contribution in [-0.2, 0) is 0 Å². The second kappa shape index (κ2) is 10.6. The Morgan fingerprint density at radius 2 is 2.08 bits per heavy atom. The highest BCUT2D eigenvalue weighted by molar-refractivity contribution is 6.36. The summed E-state index contributed by atoms with van der Waals surface area (Å²) < 4.78 is 1.84. The standard InChI is InChI=1S/C27H30BClN6O/c1-17-6-2-5-9-23(17)34-27(36)32-19-12-10-18(11-13-19)15-30-25-14-24(20-7-3-4-8-22(20)29)33-26-21(28)16-31-35(25)26/h2-3,5-7,9-10,12,14,16-17,23,30H,4,8,11,13,15,28H2,1H3,(H2,32,34,36). The molecule has 2 amide bonds. The van der Waals surface area contributed by atoms with Gasteiger partial charge in [0, 0.05) is 35.1 Å². The zero-order chi connectivity index (χ0) is 25.1. The number of nitrogens with zero attached hydrogens (tertiary/aromatic N) is 3. The summed E-state index contributed by atoms with van der Waals surface area (Å²) in [4.78, 5) is 17.3. The van der Waals surface area contributed by atoms with E-state index in [1.165, 1.54) is 5.57 Å². The minimum Gasteiger partial charge on any atom is -0.366 e. The van der Waals surface area contributed by atoms with Crippen LogP contribution in [-0.4, -0.2) is 41.1 Å². The van der Waals surface area contributed by atoms with Crippen molar-refractivity contribution in [2.45, 2.75) is 38.6 Å². The van der Waals surface area contributed by atoms with Crippen LogP contribution in [0.2, 0.25) is 0 Å². The lowest BCUT2D eigenvalue weighted by Gasteiger charge is -2.23. The summed E-state index contributed by atoms with van der Waals surface area (Å²) in [6.07, 6.45) is 21.6. The lowest BCUT2D eigenvalue weighted by molar-refractivity contribution is 0.239. The van der Waals surface area contributed by atoms with Gasteiger partial charge in [0.1, 0.15) is 13.7 Å². The minimum absolute atomic E-state index is 0.0114. The molecule has 0 radical (unpaired) electrons. The summed E-state index contributed by atoms with van der Waals surface area (Å²) in [6.45, 7) is 2.76. The van der Waals surface area contributed by atoms with Crippen molar-refractivity contribution in [2.24, 2.45) is 5.92 Å². The van der Waals surface area contributed by atoms with Gasteiger partial charge in [-0.3, -0.25) is 0 Å². The van der Waals surface area contributed by atoms with Crippen molar-refractivity contribution in [3.63, 3.8) is 0 Å². The number of carbonyl (C=O) groups excluding carboxylic acids is 1. The first-order chi connectivity index (χ1) is 17.5. The van der Waals surface area contributed by atoms with Gasteiger partial charge >= 0.3 is 6.03 Å². The highest BCUT2D eigenvalue weighted by Gasteiger charge is 2.18. The number of hydrogen-bond donors (Lipinski definition) is 3. The molecule has 9 heteroatoms. The molecule has 5 rings (SSSR count). The van der Waals surface area contributed by atoms with Gasteiger partial charge in [0.2, 0.25) is 0 Å². The van der Waals surface area contributed by atoms with Crippen molar-refractivity contribution in [3.8, 4) is 0 Å². The zero-order valence-electron chi connectivity index (χ0n) is 20.6. The number of rotatable bonds is 6. The maximum Gasteiger partial charge on any atom is 0.319 e. The van der Waals surface area contributed by atoms with Gasteiger partial charge in [-0.25, -0.2) is 9.78 Å². The second-order valence-electron chi connectivity index (χ2n) is 9.47. The fourth-order valence-corrected chi connectivity index (χ4v) is 4.83. The molecule has 36 heavy (non-hydrogen) atoms. The zero-order valence-corrected chi connectivity index (χ0v) is 21.3. The van der Waals surface area contributed by atoms with Gasteiger partial charge in [0.25, 0.3) is 0 Å². The van der Waals surface area contributed by atoms with Crippen LogP contribution in [0.5, 0.6) is 0 Å². The molecule has 0 bridgehead atoms. The second-order valence-corrected chi connectivity index (χ2v) is 9.93. The monoisotopic (exact) mass is 500 g/mol. The number of anilines is 1. The van der Waals surface area contributed by atoms with Crippen LogP contribution >= 0.6 is 11.6 Å². The SMILES string of the molecule is Bc1cnn2c(NCC3=CC=C(NC(=O)NC4C=CC=CC4C)CC3)cc(C3=C(Cl)CCC=C3)nc12. The molecule has 7 nitrogen and oxygen atoms in total. The van der Waals surface area contributed by atoms with E-state index in [4.69, 9.17) is 16.6 Å². The summed E-state index contributed by atoms with van der Waals surface area (Å²) in [5, 5.41) is 14.9. The third kappa shape index (κ3) is 5.33. The normalized spacial score (nSPS) is 21.4. The number of carbonyl (C=O) groups is 1. The predicted octanol–water partition coefficient (Wildman–Crippen LogP) is 3.73. The van der Waals surface area contributed by atoms with Gasteiger partial charge in [-0.05, 0) is 43.1 Å². The van der Waals surface area contributed by atoms with Gasteiger partial charge in [-0.1, -0.05) is 66.6 Å². The summed E-state index contributed by atoms with van der Waals surface area (Å²) in [7, 11) is 2.01. The van der Waals surface area contributed by atoms with Crippen molar-refractivity contribution < 1.29 is 4.79 Å². The summed E-state index contributed by atoms with van der Waals surface area (Å²) in [6, 6.07) is 1.86. The number of aromatic nitrogens is 3. The van der Waals surface area contributed by atoms with E-state index in [-0.39, 0.29) is 18.0 Å². The lowest BCUT2D eigenvalue weighted by Crippen LogP contribution is -2.44. The van der Waals surface area contributed by atoms with Crippen molar-refractivity contribution in [3.05, 3.63) is 82.9 Å². The summed E-state index contributed by atoms with van der Waals surface area (Å²) in [5.41, 5.74) is 5.82. The molecule has 0 spiro atoms. The Balaban J connectivity index is 1.26. The molecule has 2 aromatic heterocycles. The largest absolute Gasteiger partial charge is 0.366 e. The molecule has 0 saturated carbocycles. The van der Waals surface area contributed by atoms with Crippen LogP contribution in [0, 0.1) is 5.92 Å². The van der Waals surface area contributed by atoms with E-state index >= 15 is 0 Å². The number of amides is 2. The van der Waals surface area contributed by atoms with Crippen LogP contribution in [0.1, 0.15) is 38.3 Å². The van der Waals surface area contributed by atoms with Crippen LogP contribution in [0.25, 0.3) is 11.2 Å². The molecule has 184 valence electrons. The van der Waals surface area contributed by atoms with Crippen LogP contribution in [0.3, 0.4) is 0 Å². The quantitative estimate of drug-likeness (QED) is 0.528. The van der Waals surface area contributed by atoms with Crippen molar-refractivity contribution in [2.75, 3.05) is 11.9 Å². The van der Waals surface area contributed by atoms with E-state index in [2.05, 4.69) is 52.3 Å². The first-order valence-electron chi connectivity index (χ1n) is 12.4. The number of urea groups is 1. The molecule has 0 aromatic carbocycles. The summed E-state index contributed by atoms with van der Waals surface area (Å²) in [5.74, 6) is 1.15. The number of halogens is 1. The smallest absolute Gasteiger partial charge is 0.319 e. The van der Waals surface area contributed by atoms with E-state index < -0.39 is 0 Å². The molecular weight excluding hydrogens is 471 g/mol. The van der Waals surface area contributed by atoms with Crippen LogP contribution in [0.4, 0.5) is 10.6 Å². The Morgan fingerprint density at radius 3 is 2.86 bits per heavy atom. The highest BCUT2D eigenvalue weighted by Crippen LogP contribution is 2.30. The van der Waals surface area contributed by atoms with Crippen LogP contribution in [0.15, 0.2) is 77.2 Å². The molecule has 0 saturated heterocycles. The maximum absolute atomic E-state index is 12.4. The van der Waals surface area contributed by atoms with Crippen molar-refractivity contribution >= 4 is 48.0 Å². The summed E-state index contributed by atoms with van der Waals surface area (Å²) >= 11 is 6.53. The number of hydrogen-bond acceptors (Lipinski definition) is 4. The Kier molecular flexibility index (Phi) is 7.14. The molecule has 2 heterocycles. The molecule has 2 atom stereocenters. The van der Waals surface area contributed by atoms with Gasteiger partial charge in [0.05, 0.1) is 11.7 Å². The van der Waals surface area contributed by atoms with E-state index in [0.717, 1.165) is 64.6 Å². The van der Waals surface area contributed by atoms with E-state index in [9.17, 15) is 4.79 Å². The topological polar surface area (TPSA) is 83.3 Å².